The van der Waals surface area contributed by atoms with Crippen molar-refractivity contribution >= 4 is 56.3 Å². The molecule has 0 fully saturated rings. The summed E-state index contributed by atoms with van der Waals surface area (Å²) in [6.45, 7) is 1.91. The largest absolute Gasteiger partial charge is 0.397 e. The minimum atomic E-state index is 0.538. The van der Waals surface area contributed by atoms with Crippen LogP contribution in [0, 0.1) is 6.92 Å². The second kappa shape index (κ2) is 5.34. The van der Waals surface area contributed by atoms with Gasteiger partial charge in [-0.05, 0) is 40.5 Å². The molecule has 1 aromatic heterocycles. The van der Waals surface area contributed by atoms with E-state index in [1.165, 1.54) is 0 Å². The molecular formula is C12H10BrCl2N3. The Balaban J connectivity index is 2.43. The number of aromatic nitrogens is 1. The highest BCUT2D eigenvalue weighted by atomic mass is 79.9. The second-order valence-corrected chi connectivity index (χ2v) is 5.42. The van der Waals surface area contributed by atoms with E-state index in [1.54, 1.807) is 18.3 Å². The molecule has 1 heterocycles. The van der Waals surface area contributed by atoms with Crippen LogP contribution >= 0.6 is 39.1 Å². The summed E-state index contributed by atoms with van der Waals surface area (Å²) in [5.41, 5.74) is 7.79. The Hall–Kier alpha value is -0.970. The van der Waals surface area contributed by atoms with Crippen LogP contribution in [0.5, 0.6) is 0 Å². The molecule has 2 aromatic rings. The van der Waals surface area contributed by atoms with Gasteiger partial charge in [-0.25, -0.2) is 4.98 Å². The number of pyridine rings is 1. The third-order valence-corrected chi connectivity index (χ3v) is 3.80. The van der Waals surface area contributed by atoms with Gasteiger partial charge in [0, 0.05) is 0 Å². The van der Waals surface area contributed by atoms with E-state index >= 15 is 0 Å². The summed E-state index contributed by atoms with van der Waals surface area (Å²) in [6.07, 6.45) is 1.56. The van der Waals surface area contributed by atoms with Gasteiger partial charge in [0.25, 0.3) is 0 Å². The Morgan fingerprint density at radius 3 is 2.72 bits per heavy atom. The van der Waals surface area contributed by atoms with Crippen molar-refractivity contribution in [2.45, 2.75) is 6.92 Å². The van der Waals surface area contributed by atoms with E-state index in [-0.39, 0.29) is 0 Å². The average Bonchev–Trinajstić information content (AvgIpc) is 2.32. The molecule has 0 aliphatic rings. The predicted molar refractivity (Wildman–Crippen MR) is 80.8 cm³/mol. The van der Waals surface area contributed by atoms with Crippen molar-refractivity contribution in [3.8, 4) is 0 Å². The van der Waals surface area contributed by atoms with Gasteiger partial charge in [0.15, 0.2) is 0 Å². The van der Waals surface area contributed by atoms with Gasteiger partial charge in [0.1, 0.15) is 5.82 Å². The maximum Gasteiger partial charge on any atom is 0.144 e. The third kappa shape index (κ3) is 2.71. The van der Waals surface area contributed by atoms with Gasteiger partial charge in [-0.2, -0.15) is 0 Å². The molecule has 0 spiro atoms. The minimum Gasteiger partial charge on any atom is -0.397 e. The lowest BCUT2D eigenvalue weighted by molar-refractivity contribution is 1.29. The highest BCUT2D eigenvalue weighted by Crippen LogP contribution is 2.36. The molecule has 0 amide bonds. The highest BCUT2D eigenvalue weighted by molar-refractivity contribution is 9.10. The van der Waals surface area contributed by atoms with Crippen molar-refractivity contribution in [1.82, 2.24) is 4.98 Å². The van der Waals surface area contributed by atoms with Crippen LogP contribution in [0.15, 0.2) is 28.9 Å². The van der Waals surface area contributed by atoms with Crippen LogP contribution in [0.4, 0.5) is 17.2 Å². The van der Waals surface area contributed by atoms with Crippen LogP contribution in [0.1, 0.15) is 5.56 Å². The number of benzene rings is 1. The number of nitrogens with two attached hydrogens (primary N) is 1. The van der Waals surface area contributed by atoms with Crippen molar-refractivity contribution in [2.24, 2.45) is 0 Å². The summed E-state index contributed by atoms with van der Waals surface area (Å²) < 4.78 is 0.746. The van der Waals surface area contributed by atoms with Crippen molar-refractivity contribution < 1.29 is 0 Å². The van der Waals surface area contributed by atoms with Crippen LogP contribution in [-0.4, -0.2) is 4.98 Å². The predicted octanol–water partition coefficient (Wildman–Crippen LogP) is 4.79. The van der Waals surface area contributed by atoms with Crippen LogP contribution in [0.25, 0.3) is 0 Å². The SMILES string of the molecule is Cc1ccc(Cl)c(Nc2ncc(N)cc2Br)c1Cl. The van der Waals surface area contributed by atoms with Gasteiger partial charge >= 0.3 is 0 Å². The Morgan fingerprint density at radius 2 is 2.06 bits per heavy atom. The van der Waals surface area contributed by atoms with Gasteiger partial charge in [-0.3, -0.25) is 0 Å². The standard InChI is InChI=1S/C12H10BrCl2N3/c1-6-2-3-9(14)11(10(6)15)18-12-8(13)4-7(16)5-17-12/h2-5H,16H2,1H3,(H,17,18). The normalized spacial score (nSPS) is 10.4. The van der Waals surface area contributed by atoms with Gasteiger partial charge in [0.05, 0.1) is 32.1 Å². The Kier molecular flexibility index (Phi) is 4.00. The molecular weight excluding hydrogens is 337 g/mol. The first kappa shape index (κ1) is 13.5. The number of nitrogen functional groups attached to an aromatic ring is 1. The van der Waals surface area contributed by atoms with Crippen LogP contribution < -0.4 is 11.1 Å². The van der Waals surface area contributed by atoms with Crippen LogP contribution in [0.2, 0.25) is 10.0 Å². The van der Waals surface area contributed by atoms with E-state index in [2.05, 4.69) is 26.2 Å². The molecule has 0 saturated carbocycles. The lowest BCUT2D eigenvalue weighted by Crippen LogP contribution is -1.98. The first-order valence-corrected chi connectivity index (χ1v) is 6.66. The molecule has 0 unspecified atom stereocenters. The zero-order chi connectivity index (χ0) is 13.3. The summed E-state index contributed by atoms with van der Waals surface area (Å²) in [5.74, 6) is 0.610. The number of anilines is 3. The first-order valence-electron chi connectivity index (χ1n) is 5.11. The van der Waals surface area contributed by atoms with Gasteiger partial charge in [0.2, 0.25) is 0 Å². The summed E-state index contributed by atoms with van der Waals surface area (Å²) in [7, 11) is 0. The average molecular weight is 347 g/mol. The fourth-order valence-corrected chi connectivity index (χ4v) is 2.37. The summed E-state index contributed by atoms with van der Waals surface area (Å²) >= 11 is 15.7. The molecule has 0 saturated heterocycles. The Labute approximate surface area is 123 Å². The molecule has 3 nitrogen and oxygen atoms in total. The number of rotatable bonds is 2. The van der Waals surface area contributed by atoms with Crippen LogP contribution in [0.3, 0.4) is 0 Å². The molecule has 0 aliphatic heterocycles. The number of hydrogen-bond acceptors (Lipinski definition) is 3. The molecule has 0 bridgehead atoms. The van der Waals surface area contributed by atoms with E-state index in [0.717, 1.165) is 10.0 Å². The number of hydrogen-bond donors (Lipinski definition) is 2. The fourth-order valence-electron chi connectivity index (χ4n) is 1.43. The number of halogens is 3. The molecule has 18 heavy (non-hydrogen) atoms. The molecule has 1 aromatic carbocycles. The smallest absolute Gasteiger partial charge is 0.144 e. The summed E-state index contributed by atoms with van der Waals surface area (Å²) in [5, 5.41) is 4.21. The summed E-state index contributed by atoms with van der Waals surface area (Å²) in [4.78, 5) is 4.18. The number of nitrogens with zero attached hydrogens (tertiary/aromatic N) is 1. The lowest BCUT2D eigenvalue weighted by atomic mass is 10.2. The van der Waals surface area contributed by atoms with Gasteiger partial charge < -0.3 is 11.1 Å². The van der Waals surface area contributed by atoms with E-state index in [4.69, 9.17) is 28.9 Å². The quantitative estimate of drug-likeness (QED) is 0.822. The van der Waals surface area contributed by atoms with E-state index < -0.39 is 0 Å². The highest BCUT2D eigenvalue weighted by Gasteiger charge is 2.11. The van der Waals surface area contributed by atoms with Crippen molar-refractivity contribution in [3.05, 3.63) is 44.5 Å². The van der Waals surface area contributed by atoms with Crippen molar-refractivity contribution in [3.63, 3.8) is 0 Å². The fraction of sp³-hybridized carbons (Fsp3) is 0.0833. The number of nitrogens with one attached hydrogen (secondary N) is 1. The third-order valence-electron chi connectivity index (χ3n) is 2.39. The minimum absolute atomic E-state index is 0.538. The maximum absolute atomic E-state index is 6.22. The maximum atomic E-state index is 6.22. The van der Waals surface area contributed by atoms with Gasteiger partial charge in [-0.1, -0.05) is 29.3 Å². The summed E-state index contributed by atoms with van der Waals surface area (Å²) in [6, 6.07) is 5.41. The monoisotopic (exact) mass is 345 g/mol. The first-order chi connectivity index (χ1) is 8.49. The molecule has 3 N–H and O–H groups in total. The molecule has 0 atom stereocenters. The van der Waals surface area contributed by atoms with E-state index in [1.807, 2.05) is 13.0 Å². The van der Waals surface area contributed by atoms with E-state index in [9.17, 15) is 0 Å². The topological polar surface area (TPSA) is 50.9 Å². The Morgan fingerprint density at radius 1 is 1.33 bits per heavy atom. The van der Waals surface area contributed by atoms with E-state index in [0.29, 0.717) is 27.2 Å². The zero-order valence-electron chi connectivity index (χ0n) is 9.47. The molecule has 94 valence electrons. The molecule has 2 rings (SSSR count). The molecule has 6 heteroatoms. The van der Waals surface area contributed by atoms with Crippen molar-refractivity contribution in [2.75, 3.05) is 11.1 Å². The molecule has 0 aliphatic carbocycles. The number of aryl methyl sites for hydroxylation is 1. The Bertz CT molecular complexity index is 602. The van der Waals surface area contributed by atoms with Crippen LogP contribution in [-0.2, 0) is 0 Å². The van der Waals surface area contributed by atoms with Gasteiger partial charge in [-0.15, -0.1) is 0 Å². The van der Waals surface area contributed by atoms with Crippen molar-refractivity contribution in [1.29, 1.82) is 0 Å². The molecule has 0 radical (unpaired) electrons. The second-order valence-electron chi connectivity index (χ2n) is 3.78. The zero-order valence-corrected chi connectivity index (χ0v) is 12.6. The lowest BCUT2D eigenvalue weighted by Gasteiger charge is -2.12.